The molecule has 0 aliphatic carbocycles. The van der Waals surface area contributed by atoms with Gasteiger partial charge in [0.25, 0.3) is 0 Å². The summed E-state index contributed by atoms with van der Waals surface area (Å²) in [5, 5.41) is 6.09. The van der Waals surface area contributed by atoms with Gasteiger partial charge >= 0.3 is 6.01 Å². The van der Waals surface area contributed by atoms with Crippen LogP contribution < -0.4 is 15.4 Å². The molecule has 102 valence electrons. The van der Waals surface area contributed by atoms with Crippen LogP contribution in [0.2, 0.25) is 0 Å². The zero-order chi connectivity index (χ0) is 13.6. The van der Waals surface area contributed by atoms with Crippen molar-refractivity contribution in [3.63, 3.8) is 0 Å². The highest BCUT2D eigenvalue weighted by Crippen LogP contribution is 2.15. The van der Waals surface area contributed by atoms with Gasteiger partial charge in [0.2, 0.25) is 11.9 Å². The molecule has 0 bridgehead atoms. The Bertz CT molecular complexity index is 375. The van der Waals surface area contributed by atoms with Crippen molar-refractivity contribution in [1.82, 2.24) is 15.0 Å². The van der Waals surface area contributed by atoms with Crippen molar-refractivity contribution in [2.24, 2.45) is 5.41 Å². The van der Waals surface area contributed by atoms with E-state index in [0.717, 1.165) is 13.0 Å². The van der Waals surface area contributed by atoms with Gasteiger partial charge in [-0.25, -0.2) is 0 Å². The maximum Gasteiger partial charge on any atom is 0.323 e. The molecule has 6 heteroatoms. The third-order valence-corrected chi connectivity index (χ3v) is 2.05. The molecule has 6 nitrogen and oxygen atoms in total. The van der Waals surface area contributed by atoms with Crippen LogP contribution in [0.5, 0.6) is 6.01 Å². The van der Waals surface area contributed by atoms with E-state index in [-0.39, 0.29) is 5.41 Å². The maximum absolute atomic E-state index is 5.43. The molecule has 0 saturated heterocycles. The predicted octanol–water partition coefficient (Wildman–Crippen LogP) is 2.16. The van der Waals surface area contributed by atoms with Gasteiger partial charge in [-0.1, -0.05) is 27.7 Å². The second-order valence-electron chi connectivity index (χ2n) is 5.28. The Morgan fingerprint density at radius 3 is 2.33 bits per heavy atom. The van der Waals surface area contributed by atoms with Crippen LogP contribution in [0, 0.1) is 5.41 Å². The topological polar surface area (TPSA) is 72.0 Å². The van der Waals surface area contributed by atoms with E-state index >= 15 is 0 Å². The SMILES string of the molecule is CCCOc1nc(NC)nc(NCC(C)(C)C)n1. The smallest absolute Gasteiger partial charge is 0.323 e. The monoisotopic (exact) mass is 253 g/mol. The molecule has 18 heavy (non-hydrogen) atoms. The molecule has 1 aromatic rings. The normalized spacial score (nSPS) is 11.2. The van der Waals surface area contributed by atoms with Gasteiger partial charge in [0.15, 0.2) is 0 Å². The highest BCUT2D eigenvalue weighted by atomic mass is 16.5. The highest BCUT2D eigenvalue weighted by molar-refractivity contribution is 5.35. The van der Waals surface area contributed by atoms with E-state index in [1.165, 1.54) is 0 Å². The molecule has 0 atom stereocenters. The zero-order valence-corrected chi connectivity index (χ0v) is 11.9. The summed E-state index contributed by atoms with van der Waals surface area (Å²) >= 11 is 0. The van der Waals surface area contributed by atoms with Crippen molar-refractivity contribution in [1.29, 1.82) is 0 Å². The van der Waals surface area contributed by atoms with Crippen LogP contribution in [0.1, 0.15) is 34.1 Å². The van der Waals surface area contributed by atoms with Crippen LogP contribution in [0.4, 0.5) is 11.9 Å². The number of rotatable bonds is 6. The molecule has 0 saturated carbocycles. The minimum Gasteiger partial charge on any atom is -0.463 e. The molecular formula is C12H23N5O. The molecular weight excluding hydrogens is 230 g/mol. The fourth-order valence-electron chi connectivity index (χ4n) is 1.15. The highest BCUT2D eigenvalue weighted by Gasteiger charge is 2.12. The number of anilines is 2. The van der Waals surface area contributed by atoms with Gasteiger partial charge < -0.3 is 15.4 Å². The molecule has 0 aliphatic heterocycles. The van der Waals surface area contributed by atoms with Gasteiger partial charge in [0.1, 0.15) is 0 Å². The summed E-state index contributed by atoms with van der Waals surface area (Å²) in [6.07, 6.45) is 0.922. The first kappa shape index (κ1) is 14.5. The number of hydrogen-bond acceptors (Lipinski definition) is 6. The Hall–Kier alpha value is -1.59. The maximum atomic E-state index is 5.43. The van der Waals surface area contributed by atoms with Crippen LogP contribution >= 0.6 is 0 Å². The molecule has 1 rings (SSSR count). The van der Waals surface area contributed by atoms with Crippen molar-refractivity contribution in [3.05, 3.63) is 0 Å². The predicted molar refractivity (Wildman–Crippen MR) is 73.1 cm³/mol. The van der Waals surface area contributed by atoms with Crippen LogP contribution in [0.25, 0.3) is 0 Å². The molecule has 1 heterocycles. The quantitative estimate of drug-likeness (QED) is 0.809. The first-order chi connectivity index (χ1) is 8.44. The van der Waals surface area contributed by atoms with Gasteiger partial charge in [-0.2, -0.15) is 15.0 Å². The minimum atomic E-state index is 0.164. The molecule has 0 radical (unpaired) electrons. The average molecular weight is 253 g/mol. The minimum absolute atomic E-state index is 0.164. The third-order valence-electron chi connectivity index (χ3n) is 2.05. The third kappa shape index (κ3) is 5.16. The molecule has 0 aromatic carbocycles. The standard InChI is InChI=1S/C12H23N5O/c1-6-7-18-11-16-9(13-5)15-10(17-11)14-8-12(2,3)4/h6-8H2,1-5H3,(H2,13,14,15,16,17). The van der Waals surface area contributed by atoms with Crippen LogP contribution in [-0.4, -0.2) is 35.2 Å². The Balaban J connectivity index is 2.76. The van der Waals surface area contributed by atoms with Gasteiger partial charge in [0.05, 0.1) is 6.61 Å². The number of nitrogens with one attached hydrogen (secondary N) is 2. The van der Waals surface area contributed by atoms with Crippen LogP contribution in [0.3, 0.4) is 0 Å². The Morgan fingerprint density at radius 1 is 1.11 bits per heavy atom. The Kier molecular flexibility index (Phi) is 5.12. The van der Waals surface area contributed by atoms with Crippen LogP contribution in [-0.2, 0) is 0 Å². The molecule has 2 N–H and O–H groups in total. The van der Waals surface area contributed by atoms with Gasteiger partial charge in [-0.15, -0.1) is 0 Å². The first-order valence-electron chi connectivity index (χ1n) is 6.25. The number of ether oxygens (including phenoxy) is 1. The summed E-state index contributed by atoms with van der Waals surface area (Å²) in [4.78, 5) is 12.6. The zero-order valence-electron chi connectivity index (χ0n) is 11.9. The Labute approximate surface area is 109 Å². The lowest BCUT2D eigenvalue weighted by Crippen LogP contribution is -2.21. The van der Waals surface area contributed by atoms with E-state index in [2.05, 4.69) is 46.4 Å². The van der Waals surface area contributed by atoms with Crippen molar-refractivity contribution in [2.75, 3.05) is 30.8 Å². The van der Waals surface area contributed by atoms with E-state index in [4.69, 9.17) is 4.74 Å². The second-order valence-corrected chi connectivity index (χ2v) is 5.28. The fraction of sp³-hybridized carbons (Fsp3) is 0.750. The average Bonchev–Trinajstić information content (AvgIpc) is 2.32. The van der Waals surface area contributed by atoms with Crippen LogP contribution in [0.15, 0.2) is 0 Å². The van der Waals surface area contributed by atoms with Crippen molar-refractivity contribution in [2.45, 2.75) is 34.1 Å². The van der Waals surface area contributed by atoms with E-state index in [0.29, 0.717) is 24.5 Å². The first-order valence-corrected chi connectivity index (χ1v) is 6.25. The number of nitrogens with zero attached hydrogens (tertiary/aromatic N) is 3. The molecule has 0 spiro atoms. The largest absolute Gasteiger partial charge is 0.463 e. The summed E-state index contributed by atoms with van der Waals surface area (Å²) in [5.74, 6) is 1.04. The summed E-state index contributed by atoms with van der Waals surface area (Å²) < 4.78 is 5.43. The van der Waals surface area contributed by atoms with Gasteiger partial charge in [-0.3, -0.25) is 0 Å². The Morgan fingerprint density at radius 2 is 1.78 bits per heavy atom. The molecule has 0 fully saturated rings. The summed E-state index contributed by atoms with van der Waals surface area (Å²) in [6.45, 7) is 9.87. The van der Waals surface area contributed by atoms with Crippen molar-refractivity contribution < 1.29 is 4.74 Å². The van der Waals surface area contributed by atoms with Gasteiger partial charge in [-0.05, 0) is 11.8 Å². The van der Waals surface area contributed by atoms with E-state index < -0.39 is 0 Å². The molecule has 0 aliphatic rings. The summed E-state index contributed by atoms with van der Waals surface area (Å²) in [7, 11) is 1.77. The lowest BCUT2D eigenvalue weighted by Gasteiger charge is -2.18. The number of aromatic nitrogens is 3. The summed E-state index contributed by atoms with van der Waals surface area (Å²) in [6, 6.07) is 0.354. The lowest BCUT2D eigenvalue weighted by molar-refractivity contribution is 0.292. The molecule has 1 aromatic heterocycles. The van der Waals surface area contributed by atoms with E-state index in [9.17, 15) is 0 Å². The second kappa shape index (κ2) is 6.37. The van der Waals surface area contributed by atoms with E-state index in [1.807, 2.05) is 6.92 Å². The molecule has 0 amide bonds. The van der Waals surface area contributed by atoms with Crippen molar-refractivity contribution in [3.8, 4) is 6.01 Å². The lowest BCUT2D eigenvalue weighted by atomic mass is 9.97. The number of hydrogen-bond donors (Lipinski definition) is 2. The fourth-order valence-corrected chi connectivity index (χ4v) is 1.15. The van der Waals surface area contributed by atoms with Crippen molar-refractivity contribution >= 4 is 11.9 Å². The summed E-state index contributed by atoms with van der Waals surface area (Å²) in [5.41, 5.74) is 0.164. The molecule has 0 unspecified atom stereocenters. The van der Waals surface area contributed by atoms with E-state index in [1.54, 1.807) is 7.05 Å². The van der Waals surface area contributed by atoms with Gasteiger partial charge in [0, 0.05) is 13.6 Å².